The Morgan fingerprint density at radius 1 is 0.541 bits per heavy atom. The van der Waals surface area contributed by atoms with E-state index < -0.39 is 114 Å². The van der Waals surface area contributed by atoms with Crippen LogP contribution in [-0.2, 0) is 48.3 Å². The van der Waals surface area contributed by atoms with Gasteiger partial charge in [-0.05, 0) is 125 Å². The molecule has 404 valence electrons. The van der Waals surface area contributed by atoms with Crippen molar-refractivity contribution < 1.29 is 55.7 Å². The molecule has 2 aliphatic rings. The van der Waals surface area contributed by atoms with E-state index in [0.717, 1.165) is 0 Å². The molecule has 0 radical (unpaired) electrons. The Morgan fingerprint density at radius 2 is 0.865 bits per heavy atom. The Morgan fingerprint density at radius 3 is 1.14 bits per heavy atom. The third-order valence-corrected chi connectivity index (χ3v) is 19.4. The zero-order chi connectivity index (χ0) is 55.1. The van der Waals surface area contributed by atoms with Gasteiger partial charge in [-0.15, -0.1) is 0 Å². The molecule has 0 saturated carbocycles. The van der Waals surface area contributed by atoms with Gasteiger partial charge in [-0.2, -0.15) is 0 Å². The van der Waals surface area contributed by atoms with E-state index in [-0.39, 0.29) is 11.5 Å². The van der Waals surface area contributed by atoms with Crippen molar-refractivity contribution in [2.45, 2.75) is 152 Å². The number of carbonyl (C=O) groups excluding carboxylic acids is 2. The molecule has 2 amide bonds. The smallest absolute Gasteiger partial charge is 0.306 e. The van der Waals surface area contributed by atoms with Crippen molar-refractivity contribution in [1.29, 1.82) is 0 Å². The molecular formula is C54H66Cl4N2O12S2. The summed E-state index contributed by atoms with van der Waals surface area (Å²) in [5.41, 5.74) is 2.67. The van der Waals surface area contributed by atoms with E-state index in [0.29, 0.717) is 68.0 Å². The summed E-state index contributed by atoms with van der Waals surface area (Å²) >= 11 is 24.9. The number of carboxylic acids is 2. The number of carbonyl (C=O) groups is 4. The third kappa shape index (κ3) is 15.0. The van der Waals surface area contributed by atoms with Gasteiger partial charge in [0.25, 0.3) is 11.8 Å². The van der Waals surface area contributed by atoms with Gasteiger partial charge in [0.2, 0.25) is 0 Å². The predicted octanol–water partition coefficient (Wildman–Crippen LogP) is 11.7. The van der Waals surface area contributed by atoms with Crippen LogP contribution >= 0.6 is 46.4 Å². The van der Waals surface area contributed by atoms with Crippen molar-refractivity contribution in [2.75, 3.05) is 11.5 Å². The minimum Gasteiger partial charge on any atom is -0.481 e. The fraction of sp³-hybridized carbons (Fsp3) is 0.481. The number of benzene rings is 4. The quantitative estimate of drug-likeness (QED) is 0.0956. The van der Waals surface area contributed by atoms with Gasteiger partial charge in [-0.25, -0.2) is 16.8 Å². The minimum atomic E-state index is -3.63. The molecule has 2 aliphatic heterocycles. The van der Waals surface area contributed by atoms with Crippen LogP contribution in [0.3, 0.4) is 0 Å². The first-order chi connectivity index (χ1) is 34.5. The molecule has 0 aliphatic carbocycles. The average molecular weight is 1140 g/mol. The molecule has 8 atom stereocenters. The zero-order valence-electron chi connectivity index (χ0n) is 42.7. The van der Waals surface area contributed by atoms with Gasteiger partial charge in [-0.3, -0.25) is 19.2 Å². The van der Waals surface area contributed by atoms with E-state index in [4.69, 9.17) is 55.9 Å². The van der Waals surface area contributed by atoms with Gasteiger partial charge in [-0.1, -0.05) is 122 Å². The molecule has 74 heavy (non-hydrogen) atoms. The fourth-order valence-electron chi connectivity index (χ4n) is 9.08. The second-order valence-corrected chi connectivity index (χ2v) is 27.9. The summed E-state index contributed by atoms with van der Waals surface area (Å²) in [6, 6.07) is 24.9. The van der Waals surface area contributed by atoms with Crippen LogP contribution in [0, 0.1) is 0 Å². The van der Waals surface area contributed by atoms with Crippen molar-refractivity contribution in [1.82, 2.24) is 9.80 Å². The molecule has 2 heterocycles. The SMILES string of the molecule is CCC[C@@H](CS(=O)(=O)C(C)(C)C)N1C(=O)[C@@H](CC(=O)O)O[C@H](c2cccc(Cl)c2)C1c1ccc(Cl)cc1.CCC[C@@H](CS(=O)(=O)C(C)(C)C)N1C(=O)[C@H](CC(=O)O)O[C@H](c2cccc(Cl)c2)C1c1ccc(Cl)cc1. The Kier molecular flexibility index (Phi) is 20.7. The Bertz CT molecular complexity index is 2650. The van der Waals surface area contributed by atoms with Crippen molar-refractivity contribution in [3.05, 3.63) is 139 Å². The lowest BCUT2D eigenvalue weighted by Gasteiger charge is -2.48. The van der Waals surface area contributed by atoms with Gasteiger partial charge in [0.1, 0.15) is 24.4 Å². The lowest BCUT2D eigenvalue weighted by atomic mass is 9.89. The Labute approximate surface area is 455 Å². The highest BCUT2D eigenvalue weighted by atomic mass is 35.5. The Balaban J connectivity index is 0.000000274. The third-order valence-electron chi connectivity index (χ3n) is 13.1. The van der Waals surface area contributed by atoms with Gasteiger partial charge in [0.05, 0.1) is 45.9 Å². The van der Waals surface area contributed by atoms with Crippen molar-refractivity contribution in [3.8, 4) is 0 Å². The molecule has 4 aromatic rings. The van der Waals surface area contributed by atoms with E-state index in [1.165, 1.54) is 0 Å². The molecule has 2 fully saturated rings. The van der Waals surface area contributed by atoms with Crippen LogP contribution in [0.4, 0.5) is 0 Å². The molecule has 20 heteroatoms. The first-order valence-electron chi connectivity index (χ1n) is 24.3. The molecule has 0 spiro atoms. The molecule has 0 bridgehead atoms. The van der Waals surface area contributed by atoms with Gasteiger partial charge >= 0.3 is 11.9 Å². The maximum atomic E-state index is 13.9. The summed E-state index contributed by atoms with van der Waals surface area (Å²) < 4.78 is 63.6. The first kappa shape index (κ1) is 60.6. The molecule has 2 unspecified atom stereocenters. The monoisotopic (exact) mass is 1140 g/mol. The van der Waals surface area contributed by atoms with Crippen LogP contribution in [0.1, 0.15) is 140 Å². The van der Waals surface area contributed by atoms with E-state index in [9.17, 15) is 46.2 Å². The number of hydrogen-bond donors (Lipinski definition) is 2. The van der Waals surface area contributed by atoms with Crippen LogP contribution in [-0.4, -0.2) is 106 Å². The van der Waals surface area contributed by atoms with Gasteiger partial charge in [0.15, 0.2) is 19.7 Å². The summed E-state index contributed by atoms with van der Waals surface area (Å²) in [5.74, 6) is -4.01. The summed E-state index contributed by atoms with van der Waals surface area (Å²) in [5, 5.41) is 21.0. The second kappa shape index (κ2) is 25.3. The van der Waals surface area contributed by atoms with Gasteiger partial charge < -0.3 is 29.5 Å². The largest absolute Gasteiger partial charge is 0.481 e. The maximum Gasteiger partial charge on any atom is 0.306 e. The number of sulfone groups is 2. The summed E-state index contributed by atoms with van der Waals surface area (Å²) in [6.45, 7) is 13.6. The molecule has 4 aromatic carbocycles. The van der Waals surface area contributed by atoms with Crippen LogP contribution in [0.15, 0.2) is 97.1 Å². The van der Waals surface area contributed by atoms with Crippen molar-refractivity contribution >= 4 is 89.8 Å². The van der Waals surface area contributed by atoms with Crippen LogP contribution in [0.2, 0.25) is 20.1 Å². The fourth-order valence-corrected chi connectivity index (χ4v) is 12.4. The Hall–Kier alpha value is -4.26. The molecular weight excluding hydrogens is 1070 g/mol. The number of nitrogens with zero attached hydrogens (tertiary/aromatic N) is 2. The van der Waals surface area contributed by atoms with Crippen molar-refractivity contribution in [3.63, 3.8) is 0 Å². The number of halogens is 4. The molecule has 14 nitrogen and oxygen atoms in total. The van der Waals surface area contributed by atoms with Crippen LogP contribution in [0.5, 0.6) is 0 Å². The number of morpholine rings is 2. The predicted molar refractivity (Wildman–Crippen MR) is 289 cm³/mol. The van der Waals surface area contributed by atoms with E-state index in [1.54, 1.807) is 148 Å². The highest BCUT2D eigenvalue weighted by Crippen LogP contribution is 2.47. The van der Waals surface area contributed by atoms with E-state index in [2.05, 4.69) is 0 Å². The maximum absolute atomic E-state index is 13.9. The van der Waals surface area contributed by atoms with Crippen LogP contribution < -0.4 is 0 Å². The second-order valence-electron chi connectivity index (χ2n) is 20.6. The zero-order valence-corrected chi connectivity index (χ0v) is 47.4. The number of aliphatic carboxylic acids is 2. The highest BCUT2D eigenvalue weighted by molar-refractivity contribution is 7.93. The average Bonchev–Trinajstić information content (AvgIpc) is 3.29. The number of hydrogen-bond acceptors (Lipinski definition) is 10. The normalized spacial score (nSPS) is 21.6. The molecule has 2 saturated heterocycles. The molecule has 0 aromatic heterocycles. The highest BCUT2D eigenvalue weighted by Gasteiger charge is 2.50. The van der Waals surface area contributed by atoms with Gasteiger partial charge in [0, 0.05) is 32.2 Å². The number of carboxylic acid groups (broad SMARTS) is 2. The molecule has 2 N–H and O–H groups in total. The molecule has 6 rings (SSSR count). The first-order valence-corrected chi connectivity index (χ1v) is 29.2. The number of rotatable bonds is 18. The number of ether oxygens (including phenoxy) is 2. The standard InChI is InChI=1S/2C27H33Cl2NO6S/c2*1-5-7-21(16-37(34,35)27(2,3)4)30-24(17-10-12-19(28)13-11-17)25(18-8-6-9-20(29)14-18)36-22(26(30)33)15-23(31)32/h2*6,8-14,21-22,24-25H,5,7,15-16H2,1-4H3,(H,31,32)/t21-,22+,24?,25+;21-,22-,24?,25+/m00/s1. The minimum absolute atomic E-state index is 0.262. The summed E-state index contributed by atoms with van der Waals surface area (Å²) in [4.78, 5) is 54.2. The van der Waals surface area contributed by atoms with Crippen LogP contribution in [0.25, 0.3) is 0 Å². The topological polar surface area (TPSA) is 202 Å². The number of amides is 2. The van der Waals surface area contributed by atoms with E-state index >= 15 is 0 Å². The summed E-state index contributed by atoms with van der Waals surface area (Å²) in [6.07, 6.45) is -3.21. The summed E-state index contributed by atoms with van der Waals surface area (Å²) in [7, 11) is -7.25. The van der Waals surface area contributed by atoms with Crippen molar-refractivity contribution in [2.24, 2.45) is 0 Å². The lowest BCUT2D eigenvalue weighted by molar-refractivity contribution is -0.182. The lowest BCUT2D eigenvalue weighted by Crippen LogP contribution is -2.57. The van der Waals surface area contributed by atoms with E-state index in [1.807, 2.05) is 13.8 Å².